The summed E-state index contributed by atoms with van der Waals surface area (Å²) in [6, 6.07) is 12.9. The van der Waals surface area contributed by atoms with Crippen LogP contribution in [0.3, 0.4) is 0 Å². The highest BCUT2D eigenvalue weighted by Gasteiger charge is 2.38. The Hall–Kier alpha value is -3.63. The lowest BCUT2D eigenvalue weighted by molar-refractivity contribution is -0.142. The predicted molar refractivity (Wildman–Crippen MR) is 150 cm³/mol. The average Bonchev–Trinajstić information content (AvgIpc) is 3.77. The van der Waals surface area contributed by atoms with E-state index in [-0.39, 0.29) is 30.3 Å². The van der Waals surface area contributed by atoms with Gasteiger partial charge < -0.3 is 23.8 Å². The van der Waals surface area contributed by atoms with Crippen LogP contribution >= 0.6 is 0 Å². The number of methoxy groups -OCH3 is 3. The number of morpholine rings is 1. The second kappa shape index (κ2) is 12.7. The molecule has 2 amide bonds. The molecule has 214 valence electrons. The molecule has 10 heteroatoms. The highest BCUT2D eigenvalue weighted by Crippen LogP contribution is 2.37. The van der Waals surface area contributed by atoms with E-state index >= 15 is 0 Å². The molecule has 0 aromatic heterocycles. The van der Waals surface area contributed by atoms with Crippen molar-refractivity contribution in [1.29, 1.82) is 0 Å². The molecule has 1 atom stereocenters. The Morgan fingerprint density at radius 1 is 0.975 bits per heavy atom. The van der Waals surface area contributed by atoms with Gasteiger partial charge in [0.15, 0.2) is 0 Å². The Labute approximate surface area is 235 Å². The number of hydrazone groups is 1. The van der Waals surface area contributed by atoms with Crippen molar-refractivity contribution in [1.82, 2.24) is 14.8 Å². The van der Waals surface area contributed by atoms with E-state index in [0.29, 0.717) is 44.2 Å². The van der Waals surface area contributed by atoms with E-state index in [4.69, 9.17) is 24.0 Å². The molecule has 1 aliphatic carbocycles. The van der Waals surface area contributed by atoms with Gasteiger partial charge in [-0.2, -0.15) is 5.10 Å². The quantitative estimate of drug-likeness (QED) is 0.425. The third kappa shape index (κ3) is 6.39. The molecule has 3 aliphatic rings. The number of benzene rings is 2. The number of nitrogens with zero attached hydrogens (tertiary/aromatic N) is 4. The molecule has 2 aromatic carbocycles. The van der Waals surface area contributed by atoms with Crippen molar-refractivity contribution in [2.75, 3.05) is 67.3 Å². The van der Waals surface area contributed by atoms with Crippen LogP contribution < -0.4 is 14.2 Å². The number of hydrogen-bond donors (Lipinski definition) is 0. The van der Waals surface area contributed by atoms with Crippen molar-refractivity contribution in [2.45, 2.75) is 25.3 Å². The summed E-state index contributed by atoms with van der Waals surface area (Å²) in [6.45, 7) is 4.27. The fourth-order valence-electron chi connectivity index (χ4n) is 5.20. The third-order valence-corrected chi connectivity index (χ3v) is 7.74. The fraction of sp³-hybridized carbons (Fsp3) is 0.500. The zero-order valence-electron chi connectivity index (χ0n) is 23.5. The molecule has 2 heterocycles. The van der Waals surface area contributed by atoms with E-state index in [0.717, 1.165) is 48.5 Å². The third-order valence-electron chi connectivity index (χ3n) is 7.74. The maximum Gasteiger partial charge on any atom is 0.262 e. The zero-order chi connectivity index (χ0) is 28.1. The van der Waals surface area contributed by atoms with Crippen molar-refractivity contribution in [3.63, 3.8) is 0 Å². The first-order valence-corrected chi connectivity index (χ1v) is 13.9. The van der Waals surface area contributed by atoms with Gasteiger partial charge in [0.1, 0.15) is 23.8 Å². The number of ether oxygens (including phenoxy) is 4. The molecule has 0 bridgehead atoms. The highest BCUT2D eigenvalue weighted by molar-refractivity contribution is 6.05. The molecule has 5 rings (SSSR count). The molecule has 0 spiro atoms. The smallest absolute Gasteiger partial charge is 0.262 e. The van der Waals surface area contributed by atoms with Gasteiger partial charge in [0, 0.05) is 50.1 Å². The lowest BCUT2D eigenvalue weighted by atomic mass is 9.97. The Morgan fingerprint density at radius 3 is 2.33 bits per heavy atom. The summed E-state index contributed by atoms with van der Waals surface area (Å²) >= 11 is 0. The summed E-state index contributed by atoms with van der Waals surface area (Å²) in [5.74, 6) is 1.91. The summed E-state index contributed by atoms with van der Waals surface area (Å²) in [5.41, 5.74) is 2.48. The molecule has 0 unspecified atom stereocenters. The second-order valence-electron chi connectivity index (χ2n) is 10.3. The van der Waals surface area contributed by atoms with E-state index < -0.39 is 0 Å². The van der Waals surface area contributed by atoms with Gasteiger partial charge in [-0.15, -0.1) is 0 Å². The Bertz CT molecular complexity index is 1220. The van der Waals surface area contributed by atoms with Gasteiger partial charge in [-0.25, -0.2) is 5.01 Å². The molecular weight excluding hydrogens is 512 g/mol. The van der Waals surface area contributed by atoms with Gasteiger partial charge in [0.05, 0.1) is 46.3 Å². The molecule has 40 heavy (non-hydrogen) atoms. The van der Waals surface area contributed by atoms with Crippen LogP contribution in [0.2, 0.25) is 0 Å². The van der Waals surface area contributed by atoms with Crippen LogP contribution in [-0.4, -0.2) is 99.6 Å². The molecule has 2 aromatic rings. The van der Waals surface area contributed by atoms with Crippen LogP contribution in [0.4, 0.5) is 0 Å². The van der Waals surface area contributed by atoms with E-state index in [1.54, 1.807) is 31.2 Å². The molecule has 1 saturated carbocycles. The standard InChI is InChI=1S/C30H38N4O6/c1-37-23-8-6-21(7-9-23)27-19-26(25-11-10-24(38-2)18-28(25)39-3)31-34(27)29(35)20-33(30(36)22-4-5-22)13-12-32-14-16-40-17-15-32/h6-11,18,22,27H,4-5,12-17,19-20H2,1-3H3/t27-/m1/s1. The first-order valence-electron chi connectivity index (χ1n) is 13.9. The number of carbonyl (C=O) groups is 2. The van der Waals surface area contributed by atoms with Gasteiger partial charge in [-0.1, -0.05) is 12.1 Å². The van der Waals surface area contributed by atoms with E-state index in [9.17, 15) is 9.59 Å². The summed E-state index contributed by atoms with van der Waals surface area (Å²) in [5, 5.41) is 6.37. The first kappa shape index (κ1) is 27.9. The summed E-state index contributed by atoms with van der Waals surface area (Å²) in [7, 11) is 4.84. The summed E-state index contributed by atoms with van der Waals surface area (Å²) in [4.78, 5) is 31.1. The van der Waals surface area contributed by atoms with Gasteiger partial charge in [0.25, 0.3) is 5.91 Å². The highest BCUT2D eigenvalue weighted by atomic mass is 16.5. The SMILES string of the molecule is COc1ccc([C@H]2CC(c3ccc(OC)cc3OC)=NN2C(=O)CN(CCN2CCOCC2)C(=O)C2CC2)cc1. The second-order valence-corrected chi connectivity index (χ2v) is 10.3. The van der Waals surface area contributed by atoms with Crippen molar-refractivity contribution in [3.8, 4) is 17.2 Å². The normalized spacial score (nSPS) is 19.2. The van der Waals surface area contributed by atoms with Crippen molar-refractivity contribution < 1.29 is 28.5 Å². The molecule has 0 radical (unpaired) electrons. The maximum absolute atomic E-state index is 13.9. The zero-order valence-corrected chi connectivity index (χ0v) is 23.5. The minimum Gasteiger partial charge on any atom is -0.497 e. The van der Waals surface area contributed by atoms with Crippen molar-refractivity contribution in [3.05, 3.63) is 53.6 Å². The van der Waals surface area contributed by atoms with Gasteiger partial charge in [-0.05, 0) is 42.7 Å². The average molecular weight is 551 g/mol. The van der Waals surface area contributed by atoms with Crippen molar-refractivity contribution >= 4 is 17.5 Å². The molecule has 10 nitrogen and oxygen atoms in total. The molecule has 2 aliphatic heterocycles. The number of carbonyl (C=O) groups excluding carboxylic acids is 2. The monoisotopic (exact) mass is 550 g/mol. The first-order chi connectivity index (χ1) is 19.5. The number of amides is 2. The maximum atomic E-state index is 13.9. The van der Waals surface area contributed by atoms with Crippen LogP contribution in [0, 0.1) is 5.92 Å². The minimum absolute atomic E-state index is 0.0111. The predicted octanol–water partition coefficient (Wildman–Crippen LogP) is 2.96. The Morgan fingerprint density at radius 2 is 1.68 bits per heavy atom. The topological polar surface area (TPSA) is 93.1 Å². The van der Waals surface area contributed by atoms with Crippen LogP contribution in [0.1, 0.15) is 36.4 Å². The Kier molecular flexibility index (Phi) is 8.86. The van der Waals surface area contributed by atoms with Gasteiger partial charge in [0.2, 0.25) is 5.91 Å². The lowest BCUT2D eigenvalue weighted by Gasteiger charge is -2.31. The Balaban J connectivity index is 1.40. The molecular formula is C30H38N4O6. The van der Waals surface area contributed by atoms with Crippen molar-refractivity contribution in [2.24, 2.45) is 11.0 Å². The molecule has 2 fully saturated rings. The largest absolute Gasteiger partial charge is 0.497 e. The van der Waals surface area contributed by atoms with Crippen LogP contribution in [0.5, 0.6) is 17.2 Å². The number of rotatable bonds is 11. The van der Waals surface area contributed by atoms with E-state index in [1.807, 2.05) is 42.5 Å². The van der Waals surface area contributed by atoms with Gasteiger partial charge in [-0.3, -0.25) is 14.5 Å². The van der Waals surface area contributed by atoms with Crippen LogP contribution in [0.15, 0.2) is 47.6 Å². The van der Waals surface area contributed by atoms with E-state index in [2.05, 4.69) is 4.90 Å². The summed E-state index contributed by atoms with van der Waals surface area (Å²) < 4.78 is 21.8. The number of hydrogen-bond acceptors (Lipinski definition) is 8. The lowest BCUT2D eigenvalue weighted by Crippen LogP contribution is -2.47. The van der Waals surface area contributed by atoms with Crippen LogP contribution in [-0.2, 0) is 14.3 Å². The fourth-order valence-corrected chi connectivity index (χ4v) is 5.20. The molecule has 0 N–H and O–H groups in total. The minimum atomic E-state index is -0.322. The van der Waals surface area contributed by atoms with E-state index in [1.165, 1.54) is 0 Å². The van der Waals surface area contributed by atoms with Crippen LogP contribution in [0.25, 0.3) is 0 Å². The van der Waals surface area contributed by atoms with Gasteiger partial charge >= 0.3 is 0 Å². The molecule has 1 saturated heterocycles. The summed E-state index contributed by atoms with van der Waals surface area (Å²) in [6.07, 6.45) is 2.28.